The van der Waals surface area contributed by atoms with E-state index < -0.39 is 5.54 Å². The Morgan fingerprint density at radius 1 is 1.00 bits per heavy atom. The highest BCUT2D eigenvalue weighted by Gasteiger charge is 2.51. The van der Waals surface area contributed by atoms with E-state index in [0.717, 1.165) is 75.0 Å². The van der Waals surface area contributed by atoms with Gasteiger partial charge in [-0.15, -0.1) is 0 Å². The molecule has 3 amide bonds. The lowest BCUT2D eigenvalue weighted by molar-refractivity contribution is -0.134. The Labute approximate surface area is 171 Å². The van der Waals surface area contributed by atoms with E-state index in [4.69, 9.17) is 9.47 Å². The maximum Gasteiger partial charge on any atom is 0.326 e. The normalized spacial score (nSPS) is 26.6. The van der Waals surface area contributed by atoms with Crippen LogP contribution in [-0.2, 0) is 4.79 Å². The highest BCUT2D eigenvalue weighted by Crippen LogP contribution is 2.39. The standard InChI is InChI=1S/C22H29N3O4/c26-20-22(9-2-1-3-10-22)23-21(27)25(20)15-24-11-4-6-17(24)16-7-8-18-19(14-16)29-13-5-12-28-18/h7-8,14,17H,1-6,9-13,15H2,(H,23,27)/t17-/m1/s1. The van der Waals surface area contributed by atoms with Gasteiger partial charge in [0.1, 0.15) is 5.54 Å². The Morgan fingerprint density at radius 3 is 2.62 bits per heavy atom. The first-order valence-corrected chi connectivity index (χ1v) is 10.9. The molecule has 5 rings (SSSR count). The highest BCUT2D eigenvalue weighted by atomic mass is 16.5. The Hall–Kier alpha value is -2.28. The molecular weight excluding hydrogens is 370 g/mol. The Balaban J connectivity index is 1.33. The predicted octanol–water partition coefficient (Wildman–Crippen LogP) is 3.20. The van der Waals surface area contributed by atoms with E-state index >= 15 is 0 Å². The van der Waals surface area contributed by atoms with Gasteiger partial charge in [0, 0.05) is 19.0 Å². The molecule has 3 fully saturated rings. The van der Waals surface area contributed by atoms with E-state index in [0.29, 0.717) is 19.9 Å². The van der Waals surface area contributed by atoms with Crippen LogP contribution >= 0.6 is 0 Å². The quantitative estimate of drug-likeness (QED) is 0.791. The molecule has 1 saturated carbocycles. The summed E-state index contributed by atoms with van der Waals surface area (Å²) in [5, 5.41) is 3.02. The van der Waals surface area contributed by atoms with Gasteiger partial charge in [0.25, 0.3) is 5.91 Å². The van der Waals surface area contributed by atoms with E-state index in [9.17, 15) is 9.59 Å². The zero-order valence-electron chi connectivity index (χ0n) is 16.8. The molecule has 4 aliphatic rings. The van der Waals surface area contributed by atoms with Gasteiger partial charge in [0.05, 0.1) is 19.9 Å². The number of rotatable bonds is 3. The van der Waals surface area contributed by atoms with Crippen molar-refractivity contribution in [3.63, 3.8) is 0 Å². The van der Waals surface area contributed by atoms with Crippen LogP contribution in [0.3, 0.4) is 0 Å². The molecule has 0 unspecified atom stereocenters. The van der Waals surface area contributed by atoms with Gasteiger partial charge in [-0.3, -0.25) is 9.69 Å². The second-order valence-corrected chi connectivity index (χ2v) is 8.67. The Bertz CT molecular complexity index is 805. The number of amides is 3. The average molecular weight is 399 g/mol. The first kappa shape index (κ1) is 18.7. The SMILES string of the molecule is O=C1NC2(CCCCC2)C(=O)N1CN1CCC[C@@H]1c1ccc2c(c1)OCCCO2. The topological polar surface area (TPSA) is 71.1 Å². The third-order valence-electron chi connectivity index (χ3n) is 6.80. The van der Waals surface area contributed by atoms with Gasteiger partial charge in [0.15, 0.2) is 11.5 Å². The molecular formula is C22H29N3O4. The average Bonchev–Trinajstić information content (AvgIpc) is 3.17. The summed E-state index contributed by atoms with van der Waals surface area (Å²) in [4.78, 5) is 29.5. The number of urea groups is 1. The van der Waals surface area contributed by atoms with Gasteiger partial charge in [0.2, 0.25) is 0 Å². The summed E-state index contributed by atoms with van der Waals surface area (Å²) in [5.74, 6) is 1.55. The zero-order valence-corrected chi connectivity index (χ0v) is 16.8. The van der Waals surface area contributed by atoms with Crippen LogP contribution in [-0.4, -0.2) is 53.7 Å². The number of carbonyl (C=O) groups is 2. The maximum atomic E-state index is 13.1. The maximum absolute atomic E-state index is 13.1. The van der Waals surface area contributed by atoms with Gasteiger partial charge in [-0.2, -0.15) is 0 Å². The molecule has 1 N–H and O–H groups in total. The number of likely N-dealkylation sites (tertiary alicyclic amines) is 1. The van der Waals surface area contributed by atoms with Crippen LogP contribution in [0.1, 0.15) is 63.0 Å². The van der Waals surface area contributed by atoms with Crippen LogP contribution in [0.2, 0.25) is 0 Å². The van der Waals surface area contributed by atoms with E-state index in [1.54, 1.807) is 0 Å². The number of nitrogens with one attached hydrogen (secondary N) is 1. The van der Waals surface area contributed by atoms with Crippen molar-refractivity contribution in [3.05, 3.63) is 23.8 Å². The van der Waals surface area contributed by atoms with Crippen LogP contribution in [0.15, 0.2) is 18.2 Å². The molecule has 1 aliphatic carbocycles. The second-order valence-electron chi connectivity index (χ2n) is 8.67. The van der Waals surface area contributed by atoms with E-state index in [1.807, 2.05) is 6.07 Å². The van der Waals surface area contributed by atoms with E-state index in [1.165, 1.54) is 4.90 Å². The smallest absolute Gasteiger partial charge is 0.326 e. The van der Waals surface area contributed by atoms with Crippen LogP contribution in [0.4, 0.5) is 4.79 Å². The third kappa shape index (κ3) is 3.35. The number of hydrogen-bond donors (Lipinski definition) is 1. The van der Waals surface area contributed by atoms with Crippen molar-refractivity contribution in [2.24, 2.45) is 0 Å². The van der Waals surface area contributed by atoms with Crippen LogP contribution < -0.4 is 14.8 Å². The molecule has 1 atom stereocenters. The van der Waals surface area contributed by atoms with Gasteiger partial charge in [-0.25, -0.2) is 9.69 Å². The molecule has 0 aromatic heterocycles. The summed E-state index contributed by atoms with van der Waals surface area (Å²) in [6.45, 7) is 2.57. The number of benzene rings is 1. The number of hydrogen-bond acceptors (Lipinski definition) is 5. The summed E-state index contributed by atoms with van der Waals surface area (Å²) >= 11 is 0. The lowest BCUT2D eigenvalue weighted by Crippen LogP contribution is -2.49. The fourth-order valence-electron chi connectivity index (χ4n) is 5.24. The monoisotopic (exact) mass is 399 g/mol. The molecule has 7 heteroatoms. The minimum Gasteiger partial charge on any atom is -0.490 e. The molecule has 0 radical (unpaired) electrons. The number of ether oxygens (including phenoxy) is 2. The predicted molar refractivity (Wildman–Crippen MR) is 107 cm³/mol. The summed E-state index contributed by atoms with van der Waals surface area (Å²) in [6, 6.07) is 6.08. The van der Waals surface area contributed by atoms with Crippen LogP contribution in [0, 0.1) is 0 Å². The van der Waals surface area contributed by atoms with Gasteiger partial charge >= 0.3 is 6.03 Å². The molecule has 29 heavy (non-hydrogen) atoms. The van der Waals surface area contributed by atoms with Crippen molar-refractivity contribution in [2.75, 3.05) is 26.4 Å². The van der Waals surface area contributed by atoms with E-state index in [-0.39, 0.29) is 18.0 Å². The first-order valence-electron chi connectivity index (χ1n) is 10.9. The van der Waals surface area contributed by atoms with Crippen molar-refractivity contribution in [3.8, 4) is 11.5 Å². The van der Waals surface area contributed by atoms with Crippen LogP contribution in [0.5, 0.6) is 11.5 Å². The first-order chi connectivity index (χ1) is 14.2. The molecule has 1 aromatic rings. The minimum absolute atomic E-state index is 0.0356. The number of imide groups is 1. The lowest BCUT2D eigenvalue weighted by Gasteiger charge is -2.32. The van der Waals surface area contributed by atoms with Crippen molar-refractivity contribution in [1.82, 2.24) is 15.1 Å². The third-order valence-corrected chi connectivity index (χ3v) is 6.80. The summed E-state index contributed by atoms with van der Waals surface area (Å²) in [6.07, 6.45) is 7.62. The molecule has 3 heterocycles. The molecule has 0 bridgehead atoms. The highest BCUT2D eigenvalue weighted by molar-refractivity contribution is 6.07. The summed E-state index contributed by atoms with van der Waals surface area (Å²) < 4.78 is 11.6. The number of carbonyl (C=O) groups excluding carboxylic acids is 2. The molecule has 1 aromatic carbocycles. The molecule has 7 nitrogen and oxygen atoms in total. The van der Waals surface area contributed by atoms with Gasteiger partial charge in [-0.05, 0) is 43.4 Å². The molecule has 1 spiro atoms. The largest absolute Gasteiger partial charge is 0.490 e. The molecule has 2 saturated heterocycles. The van der Waals surface area contributed by atoms with Gasteiger partial charge in [-0.1, -0.05) is 25.3 Å². The van der Waals surface area contributed by atoms with Crippen molar-refractivity contribution in [2.45, 2.75) is 62.9 Å². The fourth-order valence-corrected chi connectivity index (χ4v) is 5.24. The van der Waals surface area contributed by atoms with Crippen LogP contribution in [0.25, 0.3) is 0 Å². The molecule has 3 aliphatic heterocycles. The van der Waals surface area contributed by atoms with Crippen molar-refractivity contribution in [1.29, 1.82) is 0 Å². The van der Waals surface area contributed by atoms with E-state index in [2.05, 4.69) is 22.3 Å². The second kappa shape index (κ2) is 7.52. The van der Waals surface area contributed by atoms with Crippen molar-refractivity contribution >= 4 is 11.9 Å². The number of fused-ring (bicyclic) bond motifs is 1. The Kier molecular flexibility index (Phi) is 4.86. The lowest BCUT2D eigenvalue weighted by atomic mass is 9.82. The van der Waals surface area contributed by atoms with Crippen molar-refractivity contribution < 1.29 is 19.1 Å². The minimum atomic E-state index is -0.653. The fraction of sp³-hybridized carbons (Fsp3) is 0.636. The van der Waals surface area contributed by atoms with Gasteiger partial charge < -0.3 is 14.8 Å². The Morgan fingerprint density at radius 2 is 1.79 bits per heavy atom. The molecule has 156 valence electrons. The summed E-state index contributed by atoms with van der Waals surface area (Å²) in [7, 11) is 0. The summed E-state index contributed by atoms with van der Waals surface area (Å²) in [5.41, 5.74) is 0.506. The zero-order chi connectivity index (χ0) is 19.8. The number of nitrogens with zero attached hydrogens (tertiary/aromatic N) is 2.